The van der Waals surface area contributed by atoms with Gasteiger partial charge < -0.3 is 5.32 Å². The Bertz CT molecular complexity index is 394. The number of aryl methyl sites for hydroxylation is 1. The maximum Gasteiger partial charge on any atom is 0.252 e. The van der Waals surface area contributed by atoms with E-state index in [1.165, 1.54) is 6.42 Å². The van der Waals surface area contributed by atoms with Crippen molar-refractivity contribution in [2.75, 3.05) is 0 Å². The van der Waals surface area contributed by atoms with Crippen molar-refractivity contribution in [3.63, 3.8) is 0 Å². The molecular weight excluding hydrogens is 218 g/mol. The van der Waals surface area contributed by atoms with Crippen molar-refractivity contribution in [3.8, 4) is 0 Å². The highest BCUT2D eigenvalue weighted by Crippen LogP contribution is 2.37. The highest BCUT2D eigenvalue weighted by Gasteiger charge is 2.31. The first kappa shape index (κ1) is 11.6. The van der Waals surface area contributed by atoms with E-state index in [4.69, 9.17) is 0 Å². The molecule has 0 aliphatic heterocycles. The quantitative estimate of drug-likeness (QED) is 0.839. The first-order valence-electron chi connectivity index (χ1n) is 5.82. The van der Waals surface area contributed by atoms with Crippen LogP contribution >= 0.6 is 11.3 Å². The zero-order valence-corrected chi connectivity index (χ0v) is 11.0. The minimum absolute atomic E-state index is 0.0986. The predicted molar refractivity (Wildman–Crippen MR) is 67.9 cm³/mol. The Morgan fingerprint density at radius 2 is 2.25 bits per heavy atom. The van der Waals surface area contributed by atoms with Crippen LogP contribution < -0.4 is 5.32 Å². The molecule has 1 amide bonds. The summed E-state index contributed by atoms with van der Waals surface area (Å²) in [5.74, 6) is 0.0986. The van der Waals surface area contributed by atoms with Gasteiger partial charge in [0.1, 0.15) is 0 Å². The Kier molecular flexibility index (Phi) is 3.06. The molecular formula is C13H19NOS. The fourth-order valence-corrected chi connectivity index (χ4v) is 3.24. The normalized spacial score (nSPS) is 23.3. The Morgan fingerprint density at radius 3 is 2.75 bits per heavy atom. The van der Waals surface area contributed by atoms with Crippen LogP contribution in [0.15, 0.2) is 10.8 Å². The first-order valence-corrected chi connectivity index (χ1v) is 6.76. The molecule has 16 heavy (non-hydrogen) atoms. The van der Waals surface area contributed by atoms with Gasteiger partial charge in [-0.3, -0.25) is 4.79 Å². The van der Waals surface area contributed by atoms with E-state index in [1.54, 1.807) is 11.3 Å². The Morgan fingerprint density at radius 1 is 1.50 bits per heavy atom. The molecule has 1 aliphatic carbocycles. The van der Waals surface area contributed by atoms with E-state index < -0.39 is 0 Å². The van der Waals surface area contributed by atoms with Gasteiger partial charge in [0.05, 0.1) is 5.56 Å². The van der Waals surface area contributed by atoms with Gasteiger partial charge in [-0.1, -0.05) is 13.8 Å². The number of carbonyl (C=O) groups is 1. The maximum atomic E-state index is 12.0. The van der Waals surface area contributed by atoms with Crippen LogP contribution in [0.5, 0.6) is 0 Å². The van der Waals surface area contributed by atoms with Gasteiger partial charge in [0.2, 0.25) is 0 Å². The topological polar surface area (TPSA) is 29.1 Å². The highest BCUT2D eigenvalue weighted by molar-refractivity contribution is 7.08. The molecule has 1 saturated carbocycles. The largest absolute Gasteiger partial charge is 0.349 e. The third kappa shape index (κ3) is 2.46. The molecule has 1 unspecified atom stereocenters. The van der Waals surface area contributed by atoms with E-state index in [9.17, 15) is 4.79 Å². The molecule has 3 heteroatoms. The number of carbonyl (C=O) groups excluding carboxylic acids is 1. The van der Waals surface area contributed by atoms with Crippen molar-refractivity contribution < 1.29 is 4.79 Å². The van der Waals surface area contributed by atoms with Gasteiger partial charge in [0.15, 0.2) is 0 Å². The Balaban J connectivity index is 1.97. The van der Waals surface area contributed by atoms with Crippen LogP contribution in [-0.4, -0.2) is 11.9 Å². The van der Waals surface area contributed by atoms with E-state index in [1.807, 2.05) is 17.7 Å². The summed E-state index contributed by atoms with van der Waals surface area (Å²) in [6, 6.07) is 0.363. The standard InChI is InChI=1S/C13H19NOS/c1-9-7-16-8-11(9)12(15)14-10-4-5-13(2,3)6-10/h7-8,10H,4-6H2,1-3H3,(H,14,15). The second-order valence-electron chi connectivity index (χ2n) is 5.55. The third-order valence-electron chi connectivity index (χ3n) is 3.40. The number of hydrogen-bond acceptors (Lipinski definition) is 2. The number of nitrogens with one attached hydrogen (secondary N) is 1. The molecule has 1 fully saturated rings. The summed E-state index contributed by atoms with van der Waals surface area (Å²) in [5, 5.41) is 7.10. The molecule has 2 nitrogen and oxygen atoms in total. The van der Waals surface area contributed by atoms with Crippen molar-refractivity contribution in [1.82, 2.24) is 5.32 Å². The van der Waals surface area contributed by atoms with Gasteiger partial charge in [-0.25, -0.2) is 0 Å². The summed E-state index contributed by atoms with van der Waals surface area (Å²) < 4.78 is 0. The maximum absolute atomic E-state index is 12.0. The minimum atomic E-state index is 0.0986. The molecule has 1 aromatic heterocycles. The van der Waals surface area contributed by atoms with Gasteiger partial charge in [-0.2, -0.15) is 11.3 Å². The fourth-order valence-electron chi connectivity index (χ4n) is 2.42. The molecule has 88 valence electrons. The van der Waals surface area contributed by atoms with E-state index in [0.29, 0.717) is 11.5 Å². The molecule has 1 aliphatic rings. The number of rotatable bonds is 2. The van der Waals surface area contributed by atoms with E-state index in [-0.39, 0.29) is 5.91 Å². The van der Waals surface area contributed by atoms with Crippen LogP contribution in [0.2, 0.25) is 0 Å². The van der Waals surface area contributed by atoms with Crippen LogP contribution in [0, 0.1) is 12.3 Å². The molecule has 0 spiro atoms. The third-order valence-corrected chi connectivity index (χ3v) is 4.27. The Hall–Kier alpha value is -0.830. The van der Waals surface area contributed by atoms with Crippen LogP contribution in [-0.2, 0) is 0 Å². The van der Waals surface area contributed by atoms with Gasteiger partial charge in [-0.05, 0) is 42.5 Å². The highest BCUT2D eigenvalue weighted by atomic mass is 32.1. The monoisotopic (exact) mass is 237 g/mol. The average molecular weight is 237 g/mol. The minimum Gasteiger partial charge on any atom is -0.349 e. The molecule has 1 atom stereocenters. The van der Waals surface area contributed by atoms with Crippen molar-refractivity contribution in [2.45, 2.75) is 46.1 Å². The first-order chi connectivity index (χ1) is 7.48. The lowest BCUT2D eigenvalue weighted by atomic mass is 9.92. The lowest BCUT2D eigenvalue weighted by Gasteiger charge is -2.17. The van der Waals surface area contributed by atoms with E-state index in [2.05, 4.69) is 19.2 Å². The SMILES string of the molecule is Cc1cscc1C(=O)NC1CCC(C)(C)C1. The second kappa shape index (κ2) is 4.21. The molecule has 1 aromatic rings. The second-order valence-corrected chi connectivity index (χ2v) is 6.29. The summed E-state index contributed by atoms with van der Waals surface area (Å²) >= 11 is 1.59. The zero-order chi connectivity index (χ0) is 11.8. The van der Waals surface area contributed by atoms with Crippen LogP contribution in [0.4, 0.5) is 0 Å². The lowest BCUT2D eigenvalue weighted by molar-refractivity contribution is 0.0936. The predicted octanol–water partition coefficient (Wildman–Crippen LogP) is 3.37. The molecule has 0 aromatic carbocycles. The summed E-state index contributed by atoms with van der Waals surface area (Å²) in [5.41, 5.74) is 2.32. The van der Waals surface area contributed by atoms with Crippen molar-refractivity contribution in [1.29, 1.82) is 0 Å². The summed E-state index contributed by atoms with van der Waals surface area (Å²) in [7, 11) is 0. The molecule has 1 heterocycles. The Labute approximate surface area is 101 Å². The number of amides is 1. The van der Waals surface area contributed by atoms with Crippen molar-refractivity contribution in [3.05, 3.63) is 21.9 Å². The van der Waals surface area contributed by atoms with Gasteiger partial charge in [-0.15, -0.1) is 0 Å². The van der Waals surface area contributed by atoms with Crippen LogP contribution in [0.1, 0.15) is 49.0 Å². The van der Waals surface area contributed by atoms with Gasteiger partial charge in [0.25, 0.3) is 5.91 Å². The fraction of sp³-hybridized carbons (Fsp3) is 0.615. The molecule has 2 rings (SSSR count). The molecule has 0 bridgehead atoms. The van der Waals surface area contributed by atoms with Crippen molar-refractivity contribution >= 4 is 17.2 Å². The van der Waals surface area contributed by atoms with Crippen LogP contribution in [0.3, 0.4) is 0 Å². The molecule has 0 saturated heterocycles. The lowest BCUT2D eigenvalue weighted by Crippen LogP contribution is -2.33. The van der Waals surface area contributed by atoms with Gasteiger partial charge in [0, 0.05) is 11.4 Å². The molecule has 1 N–H and O–H groups in total. The van der Waals surface area contributed by atoms with Crippen molar-refractivity contribution in [2.24, 2.45) is 5.41 Å². The van der Waals surface area contributed by atoms with E-state index >= 15 is 0 Å². The van der Waals surface area contributed by atoms with Gasteiger partial charge >= 0.3 is 0 Å². The number of thiophene rings is 1. The van der Waals surface area contributed by atoms with E-state index in [0.717, 1.165) is 24.0 Å². The summed E-state index contributed by atoms with van der Waals surface area (Å²) in [4.78, 5) is 12.0. The zero-order valence-electron chi connectivity index (χ0n) is 10.2. The number of hydrogen-bond donors (Lipinski definition) is 1. The average Bonchev–Trinajstić information content (AvgIpc) is 2.72. The van der Waals surface area contributed by atoms with Crippen LogP contribution in [0.25, 0.3) is 0 Å². The smallest absolute Gasteiger partial charge is 0.252 e. The molecule has 0 radical (unpaired) electrons. The summed E-state index contributed by atoms with van der Waals surface area (Å²) in [6.07, 6.45) is 3.42. The summed E-state index contributed by atoms with van der Waals surface area (Å²) in [6.45, 7) is 6.54.